The largest absolute Gasteiger partial charge is 0.494 e. The second-order valence-electron chi connectivity index (χ2n) is 8.71. The lowest BCUT2D eigenvalue weighted by atomic mass is 10.0. The molecule has 4 rings (SSSR count). The van der Waals surface area contributed by atoms with Gasteiger partial charge in [-0.15, -0.1) is 0 Å². The number of anilines is 1. The molecule has 4 aromatic rings. The second kappa shape index (κ2) is 12.3. The summed E-state index contributed by atoms with van der Waals surface area (Å²) in [6, 6.07) is 20.9. The lowest BCUT2D eigenvalue weighted by Gasteiger charge is -2.21. The van der Waals surface area contributed by atoms with Crippen LogP contribution in [0.4, 0.5) is 11.4 Å². The second-order valence-corrected chi connectivity index (χ2v) is 8.71. The van der Waals surface area contributed by atoms with Crippen LogP contribution in [0.5, 0.6) is 17.4 Å². The van der Waals surface area contributed by atoms with E-state index in [0.29, 0.717) is 66.7 Å². The van der Waals surface area contributed by atoms with E-state index in [4.69, 9.17) is 20.2 Å². The topological polar surface area (TPSA) is 113 Å². The third-order valence-corrected chi connectivity index (χ3v) is 6.10. The summed E-state index contributed by atoms with van der Waals surface area (Å²) in [6.07, 6.45) is 0.715. The van der Waals surface area contributed by atoms with E-state index in [9.17, 15) is 9.90 Å². The molecule has 0 saturated heterocycles. The molecule has 8 nitrogen and oxygen atoms in total. The van der Waals surface area contributed by atoms with Crippen molar-refractivity contribution in [2.75, 3.05) is 31.2 Å². The zero-order valence-electron chi connectivity index (χ0n) is 22.0. The Hall–Kier alpha value is -4.30. The van der Waals surface area contributed by atoms with Gasteiger partial charge in [0.25, 0.3) is 0 Å². The Kier molecular flexibility index (Phi) is 8.66. The van der Waals surface area contributed by atoms with E-state index in [1.807, 2.05) is 80.6 Å². The Balaban J connectivity index is 1.84. The number of ether oxygens (including phenoxy) is 2. The minimum Gasteiger partial charge on any atom is -0.494 e. The van der Waals surface area contributed by atoms with Gasteiger partial charge < -0.3 is 30.2 Å². The van der Waals surface area contributed by atoms with Gasteiger partial charge >= 0.3 is 0 Å². The summed E-state index contributed by atoms with van der Waals surface area (Å²) in [5.74, 6) is 1.16. The predicted molar refractivity (Wildman–Crippen MR) is 152 cm³/mol. The number of aliphatic imine (C=N–C) groups is 1. The molecule has 0 bridgehead atoms. The molecule has 4 N–H and O–H groups in total. The summed E-state index contributed by atoms with van der Waals surface area (Å²) in [5.41, 5.74) is 9.82. The van der Waals surface area contributed by atoms with Crippen molar-refractivity contribution in [3.63, 3.8) is 0 Å². The molecule has 8 heteroatoms. The highest BCUT2D eigenvalue weighted by Gasteiger charge is 2.21. The van der Waals surface area contributed by atoms with E-state index < -0.39 is 0 Å². The predicted octanol–water partition coefficient (Wildman–Crippen LogP) is 5.54. The summed E-state index contributed by atoms with van der Waals surface area (Å²) in [6.45, 7) is 7.41. The monoisotopic (exact) mass is 514 g/mol. The third-order valence-electron chi connectivity index (χ3n) is 6.10. The Bertz CT molecular complexity index is 1410. The van der Waals surface area contributed by atoms with Crippen molar-refractivity contribution < 1.29 is 19.4 Å². The van der Waals surface area contributed by atoms with E-state index in [1.54, 1.807) is 11.8 Å². The molecule has 0 radical (unpaired) electrons. The molecule has 0 fully saturated rings. The maximum Gasteiger partial charge on any atom is 0.223 e. The standard InChI is InChI=1S/C30H34N4O4/c1-4-37-26-18-24-25(19-27(26)38-5-2)33-30(36)28(24)29(21-10-7-6-8-11-21)32-22-12-14-23(15-13-22)34(20(3)35)17-9-16-31/h6-8,10-15,18-19,33,36H,4-5,9,16-17,31H2,1-3H3. The molecule has 38 heavy (non-hydrogen) atoms. The minimum atomic E-state index is -0.0417. The lowest BCUT2D eigenvalue weighted by Crippen LogP contribution is -2.30. The summed E-state index contributed by atoms with van der Waals surface area (Å²) >= 11 is 0. The van der Waals surface area contributed by atoms with Crippen LogP contribution in [-0.2, 0) is 4.79 Å². The molecule has 1 amide bonds. The van der Waals surface area contributed by atoms with Gasteiger partial charge in [-0.3, -0.25) is 4.79 Å². The summed E-state index contributed by atoms with van der Waals surface area (Å²) < 4.78 is 11.6. The Labute approximate surface area is 222 Å². The van der Waals surface area contributed by atoms with Crippen molar-refractivity contribution in [2.24, 2.45) is 10.7 Å². The quantitative estimate of drug-likeness (QED) is 0.227. The number of hydrogen-bond acceptors (Lipinski definition) is 6. The molecule has 3 aromatic carbocycles. The number of benzene rings is 3. The highest BCUT2D eigenvalue weighted by Crippen LogP contribution is 2.38. The van der Waals surface area contributed by atoms with Crippen LogP contribution in [0.15, 0.2) is 71.7 Å². The van der Waals surface area contributed by atoms with Gasteiger partial charge in [0.05, 0.1) is 35.7 Å². The van der Waals surface area contributed by atoms with E-state index in [1.165, 1.54) is 0 Å². The van der Waals surface area contributed by atoms with Gasteiger partial charge in [-0.1, -0.05) is 30.3 Å². The van der Waals surface area contributed by atoms with E-state index in [0.717, 1.165) is 16.6 Å². The molecule has 0 saturated carbocycles. The number of rotatable bonds is 11. The summed E-state index contributed by atoms with van der Waals surface area (Å²) in [7, 11) is 0. The first-order chi connectivity index (χ1) is 18.5. The van der Waals surface area contributed by atoms with Gasteiger partial charge in [-0.25, -0.2) is 4.99 Å². The van der Waals surface area contributed by atoms with Gasteiger partial charge in [0.1, 0.15) is 0 Å². The SMILES string of the molecule is CCOc1cc2[nH]c(O)c(C(=Nc3ccc(N(CCCN)C(C)=O)cc3)c3ccccc3)c2cc1OCC. The number of carbonyl (C=O) groups excluding carboxylic acids is 1. The number of nitrogens with one attached hydrogen (secondary N) is 1. The maximum atomic E-state index is 12.2. The molecule has 1 heterocycles. The fraction of sp³-hybridized carbons (Fsp3) is 0.267. The average molecular weight is 515 g/mol. The van der Waals surface area contributed by atoms with Crippen LogP contribution in [0.1, 0.15) is 38.3 Å². The van der Waals surface area contributed by atoms with Crippen LogP contribution in [0.2, 0.25) is 0 Å². The van der Waals surface area contributed by atoms with Crippen LogP contribution < -0.4 is 20.1 Å². The number of aromatic nitrogens is 1. The first-order valence-electron chi connectivity index (χ1n) is 12.8. The zero-order chi connectivity index (χ0) is 27.1. The van der Waals surface area contributed by atoms with Crippen molar-refractivity contribution in [1.82, 2.24) is 4.98 Å². The van der Waals surface area contributed by atoms with Gasteiger partial charge in [-0.05, 0) is 57.1 Å². The first-order valence-corrected chi connectivity index (χ1v) is 12.8. The number of aromatic hydroxyl groups is 1. The summed E-state index contributed by atoms with van der Waals surface area (Å²) in [5, 5.41) is 11.8. The van der Waals surface area contributed by atoms with E-state index in [-0.39, 0.29) is 11.8 Å². The zero-order valence-corrected chi connectivity index (χ0v) is 22.0. The number of H-pyrrole nitrogens is 1. The van der Waals surface area contributed by atoms with E-state index >= 15 is 0 Å². The highest BCUT2D eigenvalue weighted by atomic mass is 16.5. The molecule has 0 atom stereocenters. The Morgan fingerprint density at radius 2 is 1.66 bits per heavy atom. The van der Waals surface area contributed by atoms with Crippen molar-refractivity contribution >= 4 is 33.9 Å². The van der Waals surface area contributed by atoms with Gasteiger partial charge in [0.2, 0.25) is 5.91 Å². The highest BCUT2D eigenvalue weighted by molar-refractivity contribution is 6.22. The maximum absolute atomic E-state index is 12.2. The lowest BCUT2D eigenvalue weighted by molar-refractivity contribution is -0.116. The van der Waals surface area contributed by atoms with Crippen LogP contribution in [0, 0.1) is 0 Å². The Morgan fingerprint density at radius 1 is 1.00 bits per heavy atom. The number of hydrogen-bond donors (Lipinski definition) is 3. The fourth-order valence-electron chi connectivity index (χ4n) is 4.38. The minimum absolute atomic E-state index is 0.000130. The number of carbonyl (C=O) groups is 1. The number of aromatic amines is 1. The molecule has 0 aliphatic carbocycles. The van der Waals surface area contributed by atoms with Gasteiger partial charge in [-0.2, -0.15) is 0 Å². The molecule has 0 spiro atoms. The third kappa shape index (κ3) is 5.81. The first kappa shape index (κ1) is 26.8. The number of nitrogens with zero attached hydrogens (tertiary/aromatic N) is 2. The fourth-order valence-corrected chi connectivity index (χ4v) is 4.38. The molecule has 0 aliphatic rings. The van der Waals surface area contributed by atoms with E-state index in [2.05, 4.69) is 4.98 Å². The van der Waals surface area contributed by atoms with Crippen LogP contribution in [-0.4, -0.2) is 48.0 Å². The average Bonchev–Trinajstić information content (AvgIpc) is 3.23. The molecule has 198 valence electrons. The van der Waals surface area contributed by atoms with Crippen LogP contribution in [0.3, 0.4) is 0 Å². The van der Waals surface area contributed by atoms with Crippen molar-refractivity contribution in [3.8, 4) is 17.4 Å². The van der Waals surface area contributed by atoms with Crippen molar-refractivity contribution in [3.05, 3.63) is 77.9 Å². The van der Waals surface area contributed by atoms with Crippen LogP contribution >= 0.6 is 0 Å². The van der Waals surface area contributed by atoms with Crippen LogP contribution in [0.25, 0.3) is 10.9 Å². The number of fused-ring (bicyclic) bond motifs is 1. The number of amides is 1. The van der Waals surface area contributed by atoms with Crippen molar-refractivity contribution in [1.29, 1.82) is 0 Å². The van der Waals surface area contributed by atoms with Gasteiger partial charge in [0, 0.05) is 36.2 Å². The normalized spacial score (nSPS) is 11.5. The molecular weight excluding hydrogens is 480 g/mol. The molecule has 0 aliphatic heterocycles. The molecule has 1 aromatic heterocycles. The molecular formula is C30H34N4O4. The van der Waals surface area contributed by atoms with Crippen molar-refractivity contribution in [2.45, 2.75) is 27.2 Å². The summed E-state index contributed by atoms with van der Waals surface area (Å²) in [4.78, 5) is 21.9. The van der Waals surface area contributed by atoms with Gasteiger partial charge in [0.15, 0.2) is 17.4 Å². The number of nitrogens with two attached hydrogens (primary N) is 1. The Morgan fingerprint density at radius 3 is 2.26 bits per heavy atom. The smallest absolute Gasteiger partial charge is 0.223 e. The molecule has 0 unspecified atom stereocenters.